The molecule has 1 aliphatic heterocycles. The molecule has 6 heteroatoms. The maximum absolute atomic E-state index is 12.4. The van der Waals surface area contributed by atoms with Crippen molar-refractivity contribution in [2.24, 2.45) is 0 Å². The van der Waals surface area contributed by atoms with E-state index < -0.39 is 0 Å². The van der Waals surface area contributed by atoms with Crippen LogP contribution in [0.2, 0.25) is 10.0 Å². The average molecular weight is 417 g/mol. The van der Waals surface area contributed by atoms with Crippen LogP contribution in [0.15, 0.2) is 40.9 Å². The topological polar surface area (TPSA) is 20.3 Å². The molecule has 1 unspecified atom stereocenters. The van der Waals surface area contributed by atoms with Crippen molar-refractivity contribution < 1.29 is 4.79 Å². The number of carbonyl (C=O) groups excluding carboxylic acids is 1. The predicted molar refractivity (Wildman–Crippen MR) is 98.0 cm³/mol. The van der Waals surface area contributed by atoms with E-state index >= 15 is 0 Å². The third kappa shape index (κ3) is 3.02. The Morgan fingerprint density at radius 1 is 1.23 bits per heavy atom. The zero-order valence-electron chi connectivity index (χ0n) is 11.6. The van der Waals surface area contributed by atoms with E-state index in [1.54, 1.807) is 28.8 Å². The summed E-state index contributed by atoms with van der Waals surface area (Å²) >= 11 is 17.4. The molecule has 22 heavy (non-hydrogen) atoms. The number of carbonyl (C=O) groups is 1. The number of thioether (sulfide) groups is 1. The van der Waals surface area contributed by atoms with Gasteiger partial charge in [-0.25, -0.2) is 0 Å². The van der Waals surface area contributed by atoms with E-state index in [1.807, 2.05) is 31.2 Å². The second-order valence-electron chi connectivity index (χ2n) is 5.03. The first-order valence-corrected chi connectivity index (χ1v) is 9.22. The first-order chi connectivity index (χ1) is 10.5. The molecule has 0 saturated carbocycles. The molecule has 0 radical (unpaired) electrons. The zero-order chi connectivity index (χ0) is 15.9. The van der Waals surface area contributed by atoms with Gasteiger partial charge in [0.1, 0.15) is 5.37 Å². The van der Waals surface area contributed by atoms with Gasteiger partial charge in [0.05, 0.1) is 5.75 Å². The molecule has 3 rings (SSSR count). The highest BCUT2D eigenvalue weighted by Gasteiger charge is 2.35. The van der Waals surface area contributed by atoms with Crippen molar-refractivity contribution in [2.75, 3.05) is 10.7 Å². The lowest BCUT2D eigenvalue weighted by molar-refractivity contribution is -0.115. The fraction of sp³-hybridized carbons (Fsp3) is 0.188. The van der Waals surface area contributed by atoms with Crippen molar-refractivity contribution >= 4 is 62.5 Å². The Kier molecular flexibility index (Phi) is 4.74. The summed E-state index contributed by atoms with van der Waals surface area (Å²) in [7, 11) is 0. The third-order valence-electron chi connectivity index (χ3n) is 3.52. The van der Waals surface area contributed by atoms with Crippen LogP contribution in [0.4, 0.5) is 5.69 Å². The summed E-state index contributed by atoms with van der Waals surface area (Å²) in [6.45, 7) is 2.01. The fourth-order valence-electron chi connectivity index (χ4n) is 2.41. The van der Waals surface area contributed by atoms with Crippen LogP contribution < -0.4 is 4.90 Å². The molecule has 1 saturated heterocycles. The summed E-state index contributed by atoms with van der Waals surface area (Å²) in [6.07, 6.45) is 0. The van der Waals surface area contributed by atoms with Gasteiger partial charge in [0.25, 0.3) is 0 Å². The van der Waals surface area contributed by atoms with Crippen molar-refractivity contribution in [3.05, 3.63) is 62.0 Å². The van der Waals surface area contributed by atoms with Gasteiger partial charge in [-0.2, -0.15) is 0 Å². The number of hydrogen-bond donors (Lipinski definition) is 0. The Balaban J connectivity index is 2.03. The highest BCUT2D eigenvalue weighted by atomic mass is 79.9. The minimum absolute atomic E-state index is 0.0859. The van der Waals surface area contributed by atoms with Gasteiger partial charge >= 0.3 is 0 Å². The molecule has 2 aromatic rings. The maximum Gasteiger partial charge on any atom is 0.238 e. The summed E-state index contributed by atoms with van der Waals surface area (Å²) in [6, 6.07) is 11.3. The highest BCUT2D eigenvalue weighted by Crippen LogP contribution is 2.44. The molecule has 1 amide bonds. The molecule has 1 atom stereocenters. The third-order valence-corrected chi connectivity index (χ3v) is 6.16. The predicted octanol–water partition coefficient (Wildman–Crippen LogP) is 5.84. The Hall–Kier alpha value is -0.680. The van der Waals surface area contributed by atoms with Crippen LogP contribution in [0.5, 0.6) is 0 Å². The van der Waals surface area contributed by atoms with E-state index in [2.05, 4.69) is 15.9 Å². The normalized spacial score (nSPS) is 18.1. The van der Waals surface area contributed by atoms with Gasteiger partial charge in [-0.15, -0.1) is 11.8 Å². The van der Waals surface area contributed by atoms with E-state index in [-0.39, 0.29) is 11.3 Å². The van der Waals surface area contributed by atoms with E-state index in [0.29, 0.717) is 15.8 Å². The molecular weight excluding hydrogens is 405 g/mol. The zero-order valence-corrected chi connectivity index (χ0v) is 15.6. The van der Waals surface area contributed by atoms with Crippen molar-refractivity contribution in [1.82, 2.24) is 0 Å². The molecule has 0 bridgehead atoms. The summed E-state index contributed by atoms with van der Waals surface area (Å²) in [4.78, 5) is 14.2. The van der Waals surface area contributed by atoms with Crippen LogP contribution >= 0.6 is 50.9 Å². The van der Waals surface area contributed by atoms with Crippen molar-refractivity contribution in [1.29, 1.82) is 0 Å². The molecule has 1 heterocycles. The summed E-state index contributed by atoms with van der Waals surface area (Å²) in [5.74, 6) is 0.529. The van der Waals surface area contributed by atoms with Gasteiger partial charge in [-0.1, -0.05) is 45.2 Å². The van der Waals surface area contributed by atoms with Crippen LogP contribution in [0.25, 0.3) is 0 Å². The second-order valence-corrected chi connectivity index (χ2v) is 7.79. The molecule has 0 spiro atoms. The van der Waals surface area contributed by atoms with Crippen LogP contribution in [-0.4, -0.2) is 11.7 Å². The van der Waals surface area contributed by atoms with Crippen LogP contribution in [0, 0.1) is 6.92 Å². The average Bonchev–Trinajstić information content (AvgIpc) is 2.84. The van der Waals surface area contributed by atoms with Gasteiger partial charge in [0.2, 0.25) is 5.91 Å². The highest BCUT2D eigenvalue weighted by molar-refractivity contribution is 9.10. The maximum atomic E-state index is 12.4. The molecule has 2 aromatic carbocycles. The van der Waals surface area contributed by atoms with Gasteiger partial charge < -0.3 is 0 Å². The number of halogens is 3. The minimum Gasteiger partial charge on any atom is -0.295 e. The second kappa shape index (κ2) is 6.44. The lowest BCUT2D eigenvalue weighted by atomic mass is 10.1. The molecule has 0 aliphatic carbocycles. The first-order valence-electron chi connectivity index (χ1n) is 6.62. The molecule has 0 N–H and O–H groups in total. The van der Waals surface area contributed by atoms with Gasteiger partial charge in [0, 0.05) is 25.8 Å². The minimum atomic E-state index is -0.127. The largest absolute Gasteiger partial charge is 0.295 e. The van der Waals surface area contributed by atoms with Crippen LogP contribution in [0.3, 0.4) is 0 Å². The molecule has 0 aromatic heterocycles. The van der Waals surface area contributed by atoms with Gasteiger partial charge in [0.15, 0.2) is 0 Å². The fourth-order valence-corrected chi connectivity index (χ4v) is 4.45. The van der Waals surface area contributed by atoms with Gasteiger partial charge in [-0.05, 0) is 42.8 Å². The SMILES string of the molecule is Cc1cc(N2C(=O)CSC2c2ccc(Cl)cc2Cl)ccc1Br. The van der Waals surface area contributed by atoms with Crippen molar-refractivity contribution in [3.8, 4) is 0 Å². The molecular formula is C16H12BrCl2NOS. The molecule has 114 valence electrons. The first kappa shape index (κ1) is 16.2. The number of anilines is 1. The van der Waals surface area contributed by atoms with Crippen LogP contribution in [0.1, 0.15) is 16.5 Å². The molecule has 1 fully saturated rings. The number of nitrogens with zero attached hydrogens (tertiary/aromatic N) is 1. The Bertz CT molecular complexity index is 753. The monoisotopic (exact) mass is 415 g/mol. The lowest BCUT2D eigenvalue weighted by Gasteiger charge is -2.25. The van der Waals surface area contributed by atoms with E-state index in [4.69, 9.17) is 23.2 Å². The Morgan fingerprint density at radius 2 is 2.00 bits per heavy atom. The van der Waals surface area contributed by atoms with Crippen molar-refractivity contribution in [3.63, 3.8) is 0 Å². The quantitative estimate of drug-likeness (QED) is 0.612. The smallest absolute Gasteiger partial charge is 0.238 e. The summed E-state index contributed by atoms with van der Waals surface area (Å²) in [5, 5.41) is 1.05. The Labute approximate surface area is 151 Å². The number of benzene rings is 2. The lowest BCUT2D eigenvalue weighted by Crippen LogP contribution is -2.28. The number of rotatable bonds is 2. The van der Waals surface area contributed by atoms with E-state index in [1.165, 1.54) is 0 Å². The van der Waals surface area contributed by atoms with E-state index in [0.717, 1.165) is 21.3 Å². The number of amides is 1. The molecule has 2 nitrogen and oxygen atoms in total. The summed E-state index contributed by atoms with van der Waals surface area (Å²) in [5.41, 5.74) is 2.87. The summed E-state index contributed by atoms with van der Waals surface area (Å²) < 4.78 is 1.02. The number of aryl methyl sites for hydroxylation is 1. The number of hydrogen-bond acceptors (Lipinski definition) is 2. The standard InChI is InChI=1S/C16H12BrCl2NOS/c1-9-6-11(3-5-13(9)17)20-15(21)8-22-16(20)12-4-2-10(18)7-14(12)19/h2-7,16H,8H2,1H3. The van der Waals surface area contributed by atoms with Crippen LogP contribution in [-0.2, 0) is 4.79 Å². The van der Waals surface area contributed by atoms with E-state index in [9.17, 15) is 4.79 Å². The van der Waals surface area contributed by atoms with Crippen molar-refractivity contribution in [2.45, 2.75) is 12.3 Å². The molecule has 1 aliphatic rings. The Morgan fingerprint density at radius 3 is 2.68 bits per heavy atom. The van der Waals surface area contributed by atoms with Gasteiger partial charge in [-0.3, -0.25) is 9.69 Å².